The minimum Gasteiger partial charge on any atom is -0.391 e. The van der Waals surface area contributed by atoms with Crippen molar-refractivity contribution >= 4 is 0 Å². The lowest BCUT2D eigenvalue weighted by Gasteiger charge is -2.14. The van der Waals surface area contributed by atoms with Crippen LogP contribution < -0.4 is 5.73 Å². The molecule has 0 amide bonds. The maximum atomic E-state index is 9.43. The standard InChI is InChI=1S/C9H13NO/c10-9-7-4-2-1-3-6(7)5-8(9)11/h1-2,4,6,8-9,11H,3,5,10H2/t6?,8-,9+/m0/s1. The zero-order valence-corrected chi connectivity index (χ0v) is 6.40. The molecule has 11 heavy (non-hydrogen) atoms. The van der Waals surface area contributed by atoms with Gasteiger partial charge >= 0.3 is 0 Å². The van der Waals surface area contributed by atoms with Crippen molar-refractivity contribution in [2.24, 2.45) is 11.7 Å². The predicted molar refractivity (Wildman–Crippen MR) is 43.9 cm³/mol. The summed E-state index contributed by atoms with van der Waals surface area (Å²) in [5, 5.41) is 9.43. The van der Waals surface area contributed by atoms with Crippen LogP contribution in [0.25, 0.3) is 0 Å². The first-order chi connectivity index (χ1) is 5.29. The van der Waals surface area contributed by atoms with Crippen molar-refractivity contribution in [3.63, 3.8) is 0 Å². The Morgan fingerprint density at radius 1 is 1.55 bits per heavy atom. The number of fused-ring (bicyclic) bond motifs is 1. The first-order valence-corrected chi connectivity index (χ1v) is 4.09. The highest BCUT2D eigenvalue weighted by atomic mass is 16.3. The highest BCUT2D eigenvalue weighted by molar-refractivity contribution is 5.30. The lowest BCUT2D eigenvalue weighted by Crippen LogP contribution is -2.30. The number of nitrogens with two attached hydrogens (primary N) is 1. The molecule has 2 heteroatoms. The molecule has 0 radical (unpaired) electrons. The van der Waals surface area contributed by atoms with E-state index < -0.39 is 0 Å². The molecule has 1 fully saturated rings. The normalized spacial score (nSPS) is 42.0. The number of rotatable bonds is 0. The third-order valence-electron chi connectivity index (χ3n) is 2.64. The average molecular weight is 151 g/mol. The molecule has 0 aromatic carbocycles. The molecule has 60 valence electrons. The van der Waals surface area contributed by atoms with Crippen LogP contribution in [0.4, 0.5) is 0 Å². The van der Waals surface area contributed by atoms with E-state index in [2.05, 4.69) is 12.2 Å². The van der Waals surface area contributed by atoms with Crippen molar-refractivity contribution in [2.45, 2.75) is 25.0 Å². The van der Waals surface area contributed by atoms with Crippen LogP contribution in [0.2, 0.25) is 0 Å². The molecule has 0 spiro atoms. The van der Waals surface area contributed by atoms with Gasteiger partial charge in [0.2, 0.25) is 0 Å². The molecule has 1 saturated carbocycles. The Labute approximate surface area is 66.4 Å². The molecule has 0 aromatic heterocycles. The summed E-state index contributed by atoms with van der Waals surface area (Å²) in [6.45, 7) is 0. The molecule has 2 rings (SSSR count). The predicted octanol–water partition coefficient (Wildman–Crippen LogP) is 0.581. The van der Waals surface area contributed by atoms with Crippen LogP contribution in [0.5, 0.6) is 0 Å². The van der Waals surface area contributed by atoms with E-state index in [1.165, 1.54) is 5.57 Å². The number of hydrogen-bond donors (Lipinski definition) is 2. The minimum absolute atomic E-state index is 0.107. The Bertz CT molecular complexity index is 216. The Morgan fingerprint density at radius 3 is 3.09 bits per heavy atom. The Kier molecular flexibility index (Phi) is 1.59. The summed E-state index contributed by atoms with van der Waals surface area (Å²) < 4.78 is 0. The monoisotopic (exact) mass is 151 g/mol. The van der Waals surface area contributed by atoms with Gasteiger partial charge in [-0.3, -0.25) is 0 Å². The third kappa shape index (κ3) is 1.03. The summed E-state index contributed by atoms with van der Waals surface area (Å²) in [6.07, 6.45) is 7.80. The first kappa shape index (κ1) is 7.07. The lowest BCUT2D eigenvalue weighted by molar-refractivity contribution is 0.164. The van der Waals surface area contributed by atoms with E-state index in [1.54, 1.807) is 0 Å². The van der Waals surface area contributed by atoms with Gasteiger partial charge in [0.25, 0.3) is 0 Å². The summed E-state index contributed by atoms with van der Waals surface area (Å²) in [4.78, 5) is 0. The summed E-state index contributed by atoms with van der Waals surface area (Å²) in [6, 6.07) is -0.107. The molecule has 0 aromatic rings. The second-order valence-corrected chi connectivity index (χ2v) is 3.36. The molecule has 0 aliphatic heterocycles. The quantitative estimate of drug-likeness (QED) is 0.532. The van der Waals surface area contributed by atoms with E-state index in [0.29, 0.717) is 5.92 Å². The smallest absolute Gasteiger partial charge is 0.0735 e. The van der Waals surface area contributed by atoms with Crippen molar-refractivity contribution in [3.8, 4) is 0 Å². The zero-order chi connectivity index (χ0) is 7.84. The molecule has 1 unspecified atom stereocenters. The highest BCUT2D eigenvalue weighted by Crippen LogP contribution is 2.35. The van der Waals surface area contributed by atoms with Gasteiger partial charge < -0.3 is 10.8 Å². The molecule has 3 atom stereocenters. The summed E-state index contributed by atoms with van der Waals surface area (Å²) in [5.74, 6) is 0.519. The molecule has 0 heterocycles. The van der Waals surface area contributed by atoms with Crippen LogP contribution >= 0.6 is 0 Å². The van der Waals surface area contributed by atoms with E-state index >= 15 is 0 Å². The molecule has 2 aliphatic carbocycles. The van der Waals surface area contributed by atoms with Crippen LogP contribution in [-0.4, -0.2) is 17.3 Å². The SMILES string of the molecule is N[C@@H]1C2=CC=CCC2C[C@@H]1O. The molecular formula is C9H13NO. The minimum atomic E-state index is -0.314. The van der Waals surface area contributed by atoms with Crippen LogP contribution in [-0.2, 0) is 0 Å². The van der Waals surface area contributed by atoms with Crippen molar-refractivity contribution in [1.82, 2.24) is 0 Å². The van der Waals surface area contributed by atoms with Gasteiger partial charge in [0.15, 0.2) is 0 Å². The molecular weight excluding hydrogens is 138 g/mol. The maximum Gasteiger partial charge on any atom is 0.0735 e. The van der Waals surface area contributed by atoms with Crippen LogP contribution in [0.3, 0.4) is 0 Å². The molecule has 2 aliphatic rings. The van der Waals surface area contributed by atoms with Gasteiger partial charge in [-0.05, 0) is 24.3 Å². The molecule has 0 bridgehead atoms. The topological polar surface area (TPSA) is 46.2 Å². The number of aliphatic hydroxyl groups excluding tert-OH is 1. The third-order valence-corrected chi connectivity index (χ3v) is 2.64. The zero-order valence-electron chi connectivity index (χ0n) is 6.40. The lowest BCUT2D eigenvalue weighted by atomic mass is 9.94. The van der Waals surface area contributed by atoms with Crippen molar-refractivity contribution < 1.29 is 5.11 Å². The Hall–Kier alpha value is -0.600. The van der Waals surface area contributed by atoms with Gasteiger partial charge in [-0.1, -0.05) is 18.2 Å². The number of hydrogen-bond acceptors (Lipinski definition) is 2. The van der Waals surface area contributed by atoms with Crippen molar-refractivity contribution in [1.29, 1.82) is 0 Å². The highest BCUT2D eigenvalue weighted by Gasteiger charge is 2.34. The number of aliphatic hydroxyl groups is 1. The fourth-order valence-corrected chi connectivity index (χ4v) is 1.97. The van der Waals surface area contributed by atoms with Gasteiger partial charge in [-0.25, -0.2) is 0 Å². The first-order valence-electron chi connectivity index (χ1n) is 4.09. The fourth-order valence-electron chi connectivity index (χ4n) is 1.97. The molecule has 0 saturated heterocycles. The van der Waals surface area contributed by atoms with E-state index in [1.807, 2.05) is 6.08 Å². The van der Waals surface area contributed by atoms with E-state index in [-0.39, 0.29) is 12.1 Å². The van der Waals surface area contributed by atoms with Gasteiger partial charge in [0.05, 0.1) is 12.1 Å². The van der Waals surface area contributed by atoms with E-state index in [0.717, 1.165) is 12.8 Å². The largest absolute Gasteiger partial charge is 0.391 e. The Balaban J connectivity index is 2.25. The van der Waals surface area contributed by atoms with Gasteiger partial charge in [0, 0.05) is 0 Å². The second kappa shape index (κ2) is 2.47. The summed E-state index contributed by atoms with van der Waals surface area (Å²) in [7, 11) is 0. The Morgan fingerprint density at radius 2 is 2.36 bits per heavy atom. The summed E-state index contributed by atoms with van der Waals surface area (Å²) >= 11 is 0. The van der Waals surface area contributed by atoms with Crippen LogP contribution in [0.15, 0.2) is 23.8 Å². The second-order valence-electron chi connectivity index (χ2n) is 3.36. The van der Waals surface area contributed by atoms with Crippen molar-refractivity contribution in [2.75, 3.05) is 0 Å². The maximum absolute atomic E-state index is 9.43. The van der Waals surface area contributed by atoms with E-state index in [9.17, 15) is 5.11 Å². The van der Waals surface area contributed by atoms with E-state index in [4.69, 9.17) is 5.73 Å². The van der Waals surface area contributed by atoms with Gasteiger partial charge in [-0.15, -0.1) is 0 Å². The van der Waals surface area contributed by atoms with Crippen LogP contribution in [0.1, 0.15) is 12.8 Å². The van der Waals surface area contributed by atoms with Gasteiger partial charge in [0.1, 0.15) is 0 Å². The van der Waals surface area contributed by atoms with Crippen molar-refractivity contribution in [3.05, 3.63) is 23.8 Å². The fraction of sp³-hybridized carbons (Fsp3) is 0.556. The van der Waals surface area contributed by atoms with Gasteiger partial charge in [-0.2, -0.15) is 0 Å². The number of allylic oxidation sites excluding steroid dienone is 3. The van der Waals surface area contributed by atoms with Crippen LogP contribution in [0, 0.1) is 5.92 Å². The summed E-state index contributed by atoms with van der Waals surface area (Å²) in [5.41, 5.74) is 7.02. The molecule has 3 N–H and O–H groups in total. The average Bonchev–Trinajstić information content (AvgIpc) is 2.30. The molecule has 2 nitrogen and oxygen atoms in total.